The minimum Gasteiger partial charge on any atom is -0.299 e. The van der Waals surface area contributed by atoms with E-state index in [4.69, 9.17) is 0 Å². The number of hydrogen-bond acceptors (Lipinski definition) is 3. The average Bonchev–Trinajstić information content (AvgIpc) is 2.81. The Balaban J connectivity index is 2.05. The minimum absolute atomic E-state index is 0.0676. The van der Waals surface area contributed by atoms with Gasteiger partial charge in [-0.1, -0.05) is 30.0 Å². The lowest BCUT2D eigenvalue weighted by atomic mass is 9.69. The lowest BCUT2D eigenvalue weighted by Gasteiger charge is -2.34. The molecule has 0 aliphatic heterocycles. The van der Waals surface area contributed by atoms with Gasteiger partial charge in [0.05, 0.1) is 11.2 Å². The van der Waals surface area contributed by atoms with E-state index in [0.717, 1.165) is 12.0 Å². The highest BCUT2D eigenvalue weighted by Gasteiger charge is 2.67. The molecule has 1 N–H and O–H groups in total. The molecular formula is C17H18O4S. The van der Waals surface area contributed by atoms with Crippen LogP contribution in [-0.2, 0) is 14.9 Å². The van der Waals surface area contributed by atoms with E-state index in [-0.39, 0.29) is 11.7 Å². The quantitative estimate of drug-likeness (QED) is 0.671. The van der Waals surface area contributed by atoms with Gasteiger partial charge in [-0.15, -0.1) is 0 Å². The molecule has 5 heteroatoms. The van der Waals surface area contributed by atoms with Crippen LogP contribution in [0.15, 0.2) is 30.3 Å². The summed E-state index contributed by atoms with van der Waals surface area (Å²) in [6.45, 7) is 1.87. The van der Waals surface area contributed by atoms with Crippen LogP contribution in [-0.4, -0.2) is 24.5 Å². The van der Waals surface area contributed by atoms with E-state index in [9.17, 15) is 17.8 Å². The van der Waals surface area contributed by atoms with Crippen LogP contribution in [0.2, 0.25) is 0 Å². The standard InChI is InChI=1S/C17H18O4S/c1-16(9-7-13-5-3-2-4-6-13)14-8-10-17(16,15(18)11-14)12-22(19,20)21/h2-6,14H,8,10-12H2,1H3,(H,19,20,21). The van der Waals surface area contributed by atoms with Gasteiger partial charge in [0.15, 0.2) is 0 Å². The molecule has 0 radical (unpaired) electrons. The van der Waals surface area contributed by atoms with E-state index in [1.54, 1.807) is 0 Å². The molecule has 116 valence electrons. The number of hydrogen-bond donors (Lipinski definition) is 1. The molecule has 2 fully saturated rings. The first kappa shape index (κ1) is 15.3. The van der Waals surface area contributed by atoms with E-state index in [1.807, 2.05) is 37.3 Å². The SMILES string of the molecule is CC1(C#Cc2ccccc2)C2CCC1(CS(=O)(=O)O)C(=O)C2. The highest BCUT2D eigenvalue weighted by atomic mass is 32.2. The maximum atomic E-state index is 12.4. The molecule has 4 nitrogen and oxygen atoms in total. The van der Waals surface area contributed by atoms with Gasteiger partial charge in [0, 0.05) is 17.4 Å². The largest absolute Gasteiger partial charge is 0.299 e. The predicted molar refractivity (Wildman–Crippen MR) is 82.6 cm³/mol. The van der Waals surface area contributed by atoms with Crippen molar-refractivity contribution in [3.8, 4) is 11.8 Å². The molecule has 22 heavy (non-hydrogen) atoms. The molecule has 3 atom stereocenters. The lowest BCUT2D eigenvalue weighted by Crippen LogP contribution is -2.43. The third-order valence-corrected chi connectivity index (χ3v) is 6.22. The summed E-state index contributed by atoms with van der Waals surface area (Å²) in [5.74, 6) is 5.74. The van der Waals surface area contributed by atoms with Crippen molar-refractivity contribution in [1.29, 1.82) is 0 Å². The van der Waals surface area contributed by atoms with Crippen LogP contribution >= 0.6 is 0 Å². The molecule has 3 unspecified atom stereocenters. The summed E-state index contributed by atoms with van der Waals surface area (Å²) in [7, 11) is -4.23. The predicted octanol–water partition coefficient (Wildman–Crippen LogP) is 2.30. The van der Waals surface area contributed by atoms with E-state index in [0.29, 0.717) is 12.8 Å². The second-order valence-corrected chi connectivity index (χ2v) is 7.94. The van der Waals surface area contributed by atoms with E-state index >= 15 is 0 Å². The molecule has 0 spiro atoms. The normalized spacial score (nSPS) is 33.5. The van der Waals surface area contributed by atoms with Gasteiger partial charge in [-0.2, -0.15) is 8.42 Å². The Labute approximate surface area is 130 Å². The van der Waals surface area contributed by atoms with Crippen LogP contribution in [0, 0.1) is 28.6 Å². The zero-order chi connectivity index (χ0) is 16.0. The molecule has 2 saturated carbocycles. The van der Waals surface area contributed by atoms with Crippen LogP contribution in [0.1, 0.15) is 31.7 Å². The summed E-state index contributed by atoms with van der Waals surface area (Å²) in [6, 6.07) is 9.42. The second kappa shape index (κ2) is 4.94. The van der Waals surface area contributed by atoms with Crippen molar-refractivity contribution in [2.24, 2.45) is 16.7 Å². The molecule has 1 aromatic carbocycles. The van der Waals surface area contributed by atoms with Crippen molar-refractivity contribution in [1.82, 2.24) is 0 Å². The fourth-order valence-corrected chi connectivity index (χ4v) is 5.30. The number of rotatable bonds is 2. The van der Waals surface area contributed by atoms with Gasteiger partial charge in [-0.05, 0) is 37.8 Å². The van der Waals surface area contributed by atoms with Gasteiger partial charge in [0.2, 0.25) is 0 Å². The summed E-state index contributed by atoms with van der Waals surface area (Å²) < 4.78 is 32.2. The highest BCUT2D eigenvalue weighted by Crippen LogP contribution is 2.64. The number of benzene rings is 1. The number of carbonyl (C=O) groups excluding carboxylic acids is 1. The molecule has 3 rings (SSSR count). The first-order valence-electron chi connectivity index (χ1n) is 7.34. The Morgan fingerprint density at radius 1 is 1.32 bits per heavy atom. The monoisotopic (exact) mass is 318 g/mol. The highest BCUT2D eigenvalue weighted by molar-refractivity contribution is 7.85. The van der Waals surface area contributed by atoms with Crippen LogP contribution in [0.5, 0.6) is 0 Å². The van der Waals surface area contributed by atoms with Crippen molar-refractivity contribution in [2.45, 2.75) is 26.2 Å². The molecule has 0 aromatic heterocycles. The molecule has 0 saturated heterocycles. The Hall–Kier alpha value is -1.64. The molecule has 2 aliphatic rings. The van der Waals surface area contributed by atoms with E-state index in [2.05, 4.69) is 11.8 Å². The Morgan fingerprint density at radius 2 is 2.00 bits per heavy atom. The van der Waals surface area contributed by atoms with Crippen molar-refractivity contribution in [3.05, 3.63) is 35.9 Å². The number of Topliss-reactive ketones (excluding diaryl/α,β-unsaturated/α-hetero) is 1. The van der Waals surface area contributed by atoms with Crippen molar-refractivity contribution < 1.29 is 17.8 Å². The van der Waals surface area contributed by atoms with Gasteiger partial charge < -0.3 is 0 Å². The third kappa shape index (κ3) is 2.27. The number of ketones is 1. The third-order valence-electron chi connectivity index (χ3n) is 5.36. The molecule has 2 bridgehead atoms. The van der Waals surface area contributed by atoms with E-state index < -0.39 is 26.7 Å². The van der Waals surface area contributed by atoms with Crippen LogP contribution < -0.4 is 0 Å². The van der Waals surface area contributed by atoms with Gasteiger partial charge in [0.25, 0.3) is 10.1 Å². The summed E-state index contributed by atoms with van der Waals surface area (Å²) in [6.07, 6.45) is 1.62. The van der Waals surface area contributed by atoms with Crippen LogP contribution in [0.4, 0.5) is 0 Å². The van der Waals surface area contributed by atoms with Gasteiger partial charge in [0.1, 0.15) is 5.78 Å². The van der Waals surface area contributed by atoms with Gasteiger partial charge in [-0.3, -0.25) is 9.35 Å². The first-order valence-corrected chi connectivity index (χ1v) is 8.94. The Kier molecular flexibility index (Phi) is 3.42. The summed E-state index contributed by atoms with van der Waals surface area (Å²) in [5, 5.41) is 0. The molecular weight excluding hydrogens is 300 g/mol. The Morgan fingerprint density at radius 3 is 2.59 bits per heavy atom. The molecule has 1 aromatic rings. The number of fused-ring (bicyclic) bond motifs is 2. The second-order valence-electron chi connectivity index (χ2n) is 6.49. The zero-order valence-corrected chi connectivity index (χ0v) is 13.2. The Bertz CT molecular complexity index is 772. The zero-order valence-electron chi connectivity index (χ0n) is 12.4. The molecule has 0 amide bonds. The van der Waals surface area contributed by atoms with Gasteiger partial charge >= 0.3 is 0 Å². The lowest BCUT2D eigenvalue weighted by molar-refractivity contribution is -0.127. The fraction of sp³-hybridized carbons (Fsp3) is 0.471. The van der Waals surface area contributed by atoms with Crippen molar-refractivity contribution >= 4 is 15.9 Å². The van der Waals surface area contributed by atoms with Gasteiger partial charge in [-0.25, -0.2) is 0 Å². The van der Waals surface area contributed by atoms with Crippen LogP contribution in [0.25, 0.3) is 0 Å². The maximum Gasteiger partial charge on any atom is 0.265 e. The van der Waals surface area contributed by atoms with Crippen LogP contribution in [0.3, 0.4) is 0 Å². The summed E-state index contributed by atoms with van der Waals surface area (Å²) >= 11 is 0. The number of carbonyl (C=O) groups is 1. The maximum absolute atomic E-state index is 12.4. The first-order chi connectivity index (χ1) is 10.3. The minimum atomic E-state index is -4.23. The van der Waals surface area contributed by atoms with Crippen molar-refractivity contribution in [2.75, 3.05) is 5.75 Å². The summed E-state index contributed by atoms with van der Waals surface area (Å²) in [5.41, 5.74) is -0.924. The summed E-state index contributed by atoms with van der Waals surface area (Å²) in [4.78, 5) is 12.4. The smallest absolute Gasteiger partial charge is 0.265 e. The fourth-order valence-electron chi connectivity index (χ4n) is 4.07. The topological polar surface area (TPSA) is 71.4 Å². The van der Waals surface area contributed by atoms with E-state index in [1.165, 1.54) is 0 Å². The van der Waals surface area contributed by atoms with Crippen molar-refractivity contribution in [3.63, 3.8) is 0 Å². The molecule has 0 heterocycles. The molecule has 2 aliphatic carbocycles. The average molecular weight is 318 g/mol.